The minimum atomic E-state index is -0.842. The van der Waals surface area contributed by atoms with Crippen LogP contribution >= 0.6 is 0 Å². The molecular formula is C12H18O4. The first-order valence-electron chi connectivity index (χ1n) is 5.17. The van der Waals surface area contributed by atoms with Gasteiger partial charge in [-0.2, -0.15) is 0 Å². The van der Waals surface area contributed by atoms with Gasteiger partial charge in [0.25, 0.3) is 0 Å². The number of aliphatic carboxylic acids is 1. The van der Waals surface area contributed by atoms with Crippen molar-refractivity contribution in [1.29, 1.82) is 0 Å². The van der Waals surface area contributed by atoms with E-state index in [4.69, 9.17) is 10.2 Å². The fourth-order valence-electron chi connectivity index (χ4n) is 1.02. The predicted molar refractivity (Wildman–Crippen MR) is 62.0 cm³/mol. The number of carbonyl (C=O) groups is 1. The van der Waals surface area contributed by atoms with Gasteiger partial charge in [-0.1, -0.05) is 36.5 Å². The van der Waals surface area contributed by atoms with Gasteiger partial charge in [0.1, 0.15) is 0 Å². The Balaban J connectivity index is 3.65. The average Bonchev–Trinajstić information content (AvgIpc) is 2.22. The van der Waals surface area contributed by atoms with Crippen LogP contribution in [0.1, 0.15) is 19.3 Å². The lowest BCUT2D eigenvalue weighted by atomic mass is 10.1. The Bertz CT molecular complexity index is 266. The lowest BCUT2D eigenvalue weighted by Crippen LogP contribution is -2.03. The summed E-state index contributed by atoms with van der Waals surface area (Å²) in [5.74, 6) is -0.842. The second-order valence-corrected chi connectivity index (χ2v) is 3.23. The minimum Gasteiger partial charge on any atom is -0.481 e. The fraction of sp³-hybridized carbons (Fsp3) is 0.417. The number of carboxylic acids is 1. The molecule has 1 unspecified atom stereocenters. The van der Waals surface area contributed by atoms with Crippen molar-refractivity contribution in [2.24, 2.45) is 0 Å². The molecule has 0 aromatic rings. The number of hydrogen-bond donors (Lipinski definition) is 3. The lowest BCUT2D eigenvalue weighted by Gasteiger charge is -2.02. The van der Waals surface area contributed by atoms with Gasteiger partial charge in [0.05, 0.1) is 12.7 Å². The molecule has 16 heavy (non-hydrogen) atoms. The molecule has 0 saturated heterocycles. The van der Waals surface area contributed by atoms with Crippen LogP contribution in [0.25, 0.3) is 0 Å². The quantitative estimate of drug-likeness (QED) is 0.544. The van der Waals surface area contributed by atoms with Crippen LogP contribution in [0.3, 0.4) is 0 Å². The topological polar surface area (TPSA) is 77.8 Å². The Morgan fingerprint density at radius 1 is 1.19 bits per heavy atom. The molecule has 0 bridgehead atoms. The Kier molecular flexibility index (Phi) is 9.26. The predicted octanol–water partition coefficient (Wildman–Crippen LogP) is 1.26. The molecule has 0 aromatic carbocycles. The van der Waals surface area contributed by atoms with Crippen molar-refractivity contribution < 1.29 is 20.1 Å². The van der Waals surface area contributed by atoms with E-state index in [0.29, 0.717) is 12.8 Å². The highest BCUT2D eigenvalue weighted by atomic mass is 16.4. The summed E-state index contributed by atoms with van der Waals surface area (Å²) in [5.41, 5.74) is 0. The smallest absolute Gasteiger partial charge is 0.303 e. The van der Waals surface area contributed by atoms with E-state index in [1.54, 1.807) is 36.5 Å². The van der Waals surface area contributed by atoms with E-state index < -0.39 is 12.1 Å². The molecule has 0 radical (unpaired) electrons. The molecule has 90 valence electrons. The number of allylic oxidation sites excluding steroid dienone is 4. The summed E-state index contributed by atoms with van der Waals surface area (Å²) in [4.78, 5) is 10.2. The maximum atomic E-state index is 10.2. The maximum absolute atomic E-state index is 10.2. The highest BCUT2D eigenvalue weighted by Gasteiger charge is 2.01. The molecule has 0 rings (SSSR count). The fourth-order valence-corrected chi connectivity index (χ4v) is 1.02. The molecule has 0 heterocycles. The summed E-state index contributed by atoms with van der Waals surface area (Å²) in [6, 6.07) is 0. The molecule has 0 aliphatic rings. The molecule has 0 aliphatic carbocycles. The molecular weight excluding hydrogens is 208 g/mol. The second kappa shape index (κ2) is 10.1. The van der Waals surface area contributed by atoms with E-state index >= 15 is 0 Å². The van der Waals surface area contributed by atoms with Crippen LogP contribution in [-0.2, 0) is 4.79 Å². The van der Waals surface area contributed by atoms with Gasteiger partial charge in [-0.05, 0) is 12.8 Å². The molecule has 1 atom stereocenters. The van der Waals surface area contributed by atoms with Crippen molar-refractivity contribution >= 4 is 5.97 Å². The average molecular weight is 226 g/mol. The number of rotatable bonds is 8. The van der Waals surface area contributed by atoms with Crippen molar-refractivity contribution in [3.05, 3.63) is 36.5 Å². The van der Waals surface area contributed by atoms with Crippen molar-refractivity contribution in [2.75, 3.05) is 6.61 Å². The summed E-state index contributed by atoms with van der Waals surface area (Å²) in [7, 11) is 0. The second-order valence-electron chi connectivity index (χ2n) is 3.23. The number of aliphatic hydroxyl groups is 2. The zero-order valence-corrected chi connectivity index (χ0v) is 9.12. The van der Waals surface area contributed by atoms with Gasteiger partial charge in [-0.25, -0.2) is 0 Å². The molecule has 0 amide bonds. The summed E-state index contributed by atoms with van der Waals surface area (Å²) in [6.07, 6.45) is 10.4. The normalized spacial score (nSPS) is 14.1. The van der Waals surface area contributed by atoms with E-state index in [2.05, 4.69) is 0 Å². The van der Waals surface area contributed by atoms with E-state index in [-0.39, 0.29) is 13.0 Å². The van der Waals surface area contributed by atoms with Crippen LogP contribution < -0.4 is 0 Å². The summed E-state index contributed by atoms with van der Waals surface area (Å²) in [5, 5.41) is 26.2. The van der Waals surface area contributed by atoms with Crippen LogP contribution in [0.4, 0.5) is 0 Å². The van der Waals surface area contributed by atoms with Gasteiger partial charge in [0, 0.05) is 6.42 Å². The van der Waals surface area contributed by atoms with Crippen molar-refractivity contribution in [3.63, 3.8) is 0 Å². The summed E-state index contributed by atoms with van der Waals surface area (Å²) in [6.45, 7) is 0.00582. The van der Waals surface area contributed by atoms with E-state index in [0.717, 1.165) is 0 Å². The van der Waals surface area contributed by atoms with Gasteiger partial charge in [-0.15, -0.1) is 0 Å². The van der Waals surface area contributed by atoms with Crippen LogP contribution in [0.5, 0.6) is 0 Å². The highest BCUT2D eigenvalue weighted by molar-refractivity contribution is 5.66. The van der Waals surface area contributed by atoms with Crippen molar-refractivity contribution in [2.45, 2.75) is 25.4 Å². The Morgan fingerprint density at radius 3 is 2.50 bits per heavy atom. The highest BCUT2D eigenvalue weighted by Crippen LogP contribution is 2.02. The Morgan fingerprint density at radius 2 is 1.88 bits per heavy atom. The largest absolute Gasteiger partial charge is 0.481 e. The van der Waals surface area contributed by atoms with Crippen molar-refractivity contribution in [1.82, 2.24) is 0 Å². The number of carboxylic acid groups (broad SMARTS) is 1. The van der Waals surface area contributed by atoms with E-state index in [1.807, 2.05) is 0 Å². The first-order valence-corrected chi connectivity index (χ1v) is 5.17. The molecule has 0 aliphatic heterocycles. The third-order valence-electron chi connectivity index (χ3n) is 1.80. The minimum absolute atomic E-state index is 0.00582. The summed E-state index contributed by atoms with van der Waals surface area (Å²) >= 11 is 0. The van der Waals surface area contributed by atoms with Gasteiger partial charge < -0.3 is 15.3 Å². The third kappa shape index (κ3) is 10.7. The number of hydrogen-bond acceptors (Lipinski definition) is 3. The molecule has 4 nitrogen and oxygen atoms in total. The van der Waals surface area contributed by atoms with Gasteiger partial charge in [0.2, 0.25) is 0 Å². The van der Waals surface area contributed by atoms with Crippen LogP contribution in [-0.4, -0.2) is 34.0 Å². The zero-order valence-electron chi connectivity index (χ0n) is 9.12. The van der Waals surface area contributed by atoms with Crippen LogP contribution in [0.2, 0.25) is 0 Å². The third-order valence-corrected chi connectivity index (χ3v) is 1.80. The molecule has 3 N–H and O–H groups in total. The zero-order chi connectivity index (χ0) is 12.2. The van der Waals surface area contributed by atoms with Gasteiger partial charge >= 0.3 is 5.97 Å². The molecule has 0 spiro atoms. The molecule has 0 fully saturated rings. The monoisotopic (exact) mass is 226 g/mol. The number of aliphatic hydroxyl groups excluding tert-OH is 2. The molecule has 0 aromatic heterocycles. The van der Waals surface area contributed by atoms with E-state index in [1.165, 1.54) is 0 Å². The Labute approximate surface area is 95.2 Å². The first kappa shape index (κ1) is 14.6. The maximum Gasteiger partial charge on any atom is 0.303 e. The summed E-state index contributed by atoms with van der Waals surface area (Å²) < 4.78 is 0. The van der Waals surface area contributed by atoms with Gasteiger partial charge in [0.15, 0.2) is 0 Å². The lowest BCUT2D eigenvalue weighted by molar-refractivity contribution is -0.137. The van der Waals surface area contributed by atoms with Gasteiger partial charge in [-0.3, -0.25) is 4.79 Å². The van der Waals surface area contributed by atoms with Crippen LogP contribution in [0, 0.1) is 0 Å². The molecule has 0 saturated carbocycles. The van der Waals surface area contributed by atoms with Crippen molar-refractivity contribution in [3.8, 4) is 0 Å². The standard InChI is InChI=1S/C12H18O4/c13-10-5-3-1-2-4-7-11(14)8-6-9-12(15)16/h1-5,7,11,13-14H,6,8-10H2,(H,15,16). The Hall–Kier alpha value is -1.39. The van der Waals surface area contributed by atoms with Crippen LogP contribution in [0.15, 0.2) is 36.5 Å². The SMILES string of the molecule is O=C(O)CCCC(O)C=CC=CC=CCO. The first-order chi connectivity index (χ1) is 7.66. The van der Waals surface area contributed by atoms with E-state index in [9.17, 15) is 9.90 Å². The molecule has 4 heteroatoms.